The van der Waals surface area contributed by atoms with E-state index in [9.17, 15) is 50.3 Å². The molecule has 3 fully saturated rings. The fourth-order valence-electron chi connectivity index (χ4n) is 7.69. The molecular weight excluding hydrogens is 710 g/mol. The minimum absolute atomic E-state index is 0.00661. The molecule has 2 aliphatic carbocycles. The summed E-state index contributed by atoms with van der Waals surface area (Å²) in [6.45, 7) is 4.69. The molecular formula is C35H41F4N5O7S. The highest BCUT2D eigenvalue weighted by atomic mass is 32.2. The molecule has 2 heterocycles. The van der Waals surface area contributed by atoms with Crippen molar-refractivity contribution in [3.8, 4) is 0 Å². The van der Waals surface area contributed by atoms with Crippen molar-refractivity contribution < 1.29 is 50.3 Å². The lowest BCUT2D eigenvalue weighted by molar-refractivity contribution is -0.140. The Bertz CT molecular complexity index is 1890. The number of hydrogen-bond donors (Lipinski definition) is 4. The van der Waals surface area contributed by atoms with Crippen molar-refractivity contribution in [2.75, 3.05) is 11.9 Å². The van der Waals surface area contributed by atoms with Gasteiger partial charge in [0.25, 0.3) is 5.91 Å². The van der Waals surface area contributed by atoms with Crippen LogP contribution in [0.5, 0.6) is 0 Å². The van der Waals surface area contributed by atoms with E-state index in [1.165, 1.54) is 29.2 Å². The SMILES string of the molecule is CC[C@@H]1C[C@]1(NC(=O)[C@@H]1C[C@@H](C2c3cccc(F)c3CN2C(=O)O)CN1C(=O)[C@@H](Nc1cccc(C(F)(F)F)c1)C(C)C)C(=O)NS(=O)(=O)C1CC1. The maximum absolute atomic E-state index is 14.9. The highest BCUT2D eigenvalue weighted by Gasteiger charge is 2.62. The largest absolute Gasteiger partial charge is 0.465 e. The number of hydrogen-bond acceptors (Lipinski definition) is 7. The molecule has 52 heavy (non-hydrogen) atoms. The van der Waals surface area contributed by atoms with Gasteiger partial charge in [0.05, 0.1) is 23.4 Å². The van der Waals surface area contributed by atoms with Crippen LogP contribution in [0.4, 0.5) is 28.0 Å². The summed E-state index contributed by atoms with van der Waals surface area (Å²) in [4.78, 5) is 57.0. The van der Waals surface area contributed by atoms with Crippen LogP contribution in [0, 0.1) is 23.6 Å². The summed E-state index contributed by atoms with van der Waals surface area (Å²) < 4.78 is 82.9. The second-order valence-corrected chi connectivity index (χ2v) is 16.5. The van der Waals surface area contributed by atoms with Gasteiger partial charge in [0.15, 0.2) is 0 Å². The van der Waals surface area contributed by atoms with Gasteiger partial charge in [0.1, 0.15) is 23.4 Å². The Hall–Kier alpha value is -4.41. The van der Waals surface area contributed by atoms with Gasteiger partial charge in [0, 0.05) is 23.7 Å². The summed E-state index contributed by atoms with van der Waals surface area (Å²) in [5.41, 5.74) is -1.94. The Kier molecular flexibility index (Phi) is 9.72. The predicted octanol–water partition coefficient (Wildman–Crippen LogP) is 4.63. The molecule has 0 radical (unpaired) electrons. The van der Waals surface area contributed by atoms with Crippen molar-refractivity contribution >= 4 is 39.5 Å². The maximum Gasteiger partial charge on any atom is 0.416 e. The van der Waals surface area contributed by atoms with E-state index in [-0.39, 0.29) is 37.2 Å². The first-order valence-corrected chi connectivity index (χ1v) is 18.8. The molecule has 0 spiro atoms. The first kappa shape index (κ1) is 37.4. The average molecular weight is 752 g/mol. The molecule has 4 aliphatic rings. The zero-order valence-corrected chi connectivity index (χ0v) is 29.6. The van der Waals surface area contributed by atoms with Crippen molar-refractivity contribution in [2.24, 2.45) is 17.8 Å². The van der Waals surface area contributed by atoms with Crippen LogP contribution in [-0.4, -0.2) is 76.6 Å². The zero-order valence-electron chi connectivity index (χ0n) is 28.7. The molecule has 1 unspecified atom stereocenters. The monoisotopic (exact) mass is 751 g/mol. The quantitative estimate of drug-likeness (QED) is 0.242. The number of anilines is 1. The summed E-state index contributed by atoms with van der Waals surface area (Å²) in [5.74, 6) is -4.56. The lowest BCUT2D eigenvalue weighted by atomic mass is 9.90. The van der Waals surface area contributed by atoms with Gasteiger partial charge in [-0.3, -0.25) is 24.0 Å². The average Bonchev–Trinajstić information content (AvgIpc) is 3.97. The van der Waals surface area contributed by atoms with Crippen LogP contribution in [-0.2, 0) is 37.1 Å². The van der Waals surface area contributed by atoms with E-state index in [0.717, 1.165) is 17.0 Å². The molecule has 0 bridgehead atoms. The number of rotatable bonds is 11. The van der Waals surface area contributed by atoms with Crippen LogP contribution in [0.3, 0.4) is 0 Å². The summed E-state index contributed by atoms with van der Waals surface area (Å²) in [5, 5.41) is 15.1. The van der Waals surface area contributed by atoms with E-state index < -0.39 is 98.1 Å². The summed E-state index contributed by atoms with van der Waals surface area (Å²) >= 11 is 0. The fraction of sp³-hybridized carbons (Fsp3) is 0.543. The number of carbonyl (C=O) groups excluding carboxylic acids is 3. The van der Waals surface area contributed by atoms with Gasteiger partial charge in [-0.15, -0.1) is 0 Å². The highest BCUT2D eigenvalue weighted by molar-refractivity contribution is 7.91. The number of nitrogens with zero attached hydrogens (tertiary/aromatic N) is 2. The first-order valence-electron chi connectivity index (χ1n) is 17.3. The minimum Gasteiger partial charge on any atom is -0.465 e. The standard InChI is InChI=1S/C35H41F4N5O7S/c1-4-20-15-34(20,32(47)42-52(50,51)23-11-12-23)41-30(45)27-13-19(29-24-9-6-10-26(36)25(24)17-44(29)33(48)49)16-43(27)31(46)28(18(2)3)40-22-8-5-7-21(14-22)35(37,38)39/h5-10,14,18-20,23,27-29,40H,4,11-13,15-17H2,1-3H3,(H,41,45)(H,42,47)(H,48,49)/t19-,20-,27+,28+,29?,34-/m1/s1. The smallest absolute Gasteiger partial charge is 0.416 e. The minimum atomic E-state index is -4.65. The lowest BCUT2D eigenvalue weighted by Gasteiger charge is -2.32. The second kappa shape index (κ2) is 13.5. The number of carboxylic acid groups (broad SMARTS) is 1. The number of benzene rings is 2. The van der Waals surface area contributed by atoms with E-state index in [1.54, 1.807) is 26.8 Å². The van der Waals surface area contributed by atoms with Crippen LogP contribution in [0.1, 0.15) is 75.6 Å². The van der Waals surface area contributed by atoms with Gasteiger partial charge in [0.2, 0.25) is 21.8 Å². The van der Waals surface area contributed by atoms with Crippen LogP contribution in [0.25, 0.3) is 0 Å². The number of sulfonamides is 1. The molecule has 1 saturated heterocycles. The van der Waals surface area contributed by atoms with E-state index in [1.807, 2.05) is 0 Å². The third-order valence-corrected chi connectivity index (χ3v) is 12.6. The molecule has 6 rings (SSSR count). The number of likely N-dealkylation sites (tertiary alicyclic amines) is 1. The Labute approximate surface area is 298 Å². The van der Waals surface area contributed by atoms with Gasteiger partial charge in [-0.1, -0.05) is 45.4 Å². The number of amides is 4. The van der Waals surface area contributed by atoms with Crippen molar-refractivity contribution in [3.63, 3.8) is 0 Å². The van der Waals surface area contributed by atoms with E-state index in [2.05, 4.69) is 15.4 Å². The molecule has 2 saturated carbocycles. The van der Waals surface area contributed by atoms with Gasteiger partial charge in [-0.25, -0.2) is 17.6 Å². The van der Waals surface area contributed by atoms with Gasteiger partial charge in [-0.2, -0.15) is 13.2 Å². The van der Waals surface area contributed by atoms with Gasteiger partial charge in [-0.05, 0) is 67.3 Å². The summed E-state index contributed by atoms with van der Waals surface area (Å²) in [6, 6.07) is 5.18. The zero-order chi connectivity index (χ0) is 37.9. The number of halogens is 4. The Morgan fingerprint density at radius 2 is 1.75 bits per heavy atom. The van der Waals surface area contributed by atoms with Gasteiger partial charge < -0.3 is 20.6 Å². The maximum atomic E-state index is 14.9. The van der Waals surface area contributed by atoms with E-state index in [0.29, 0.717) is 24.8 Å². The first-order chi connectivity index (χ1) is 24.4. The summed E-state index contributed by atoms with van der Waals surface area (Å²) in [6.07, 6.45) is -4.69. The molecule has 282 valence electrons. The Morgan fingerprint density at radius 1 is 1.06 bits per heavy atom. The lowest BCUT2D eigenvalue weighted by Crippen LogP contribution is -2.58. The van der Waals surface area contributed by atoms with Crippen LogP contribution >= 0.6 is 0 Å². The van der Waals surface area contributed by atoms with Gasteiger partial charge >= 0.3 is 12.3 Å². The third kappa shape index (κ3) is 7.03. The highest BCUT2D eigenvalue weighted by Crippen LogP contribution is 2.48. The topological polar surface area (TPSA) is 165 Å². The number of alkyl halides is 3. The van der Waals surface area contributed by atoms with E-state index in [4.69, 9.17) is 0 Å². The molecule has 2 aliphatic heterocycles. The van der Waals surface area contributed by atoms with E-state index >= 15 is 0 Å². The van der Waals surface area contributed by atoms with Crippen LogP contribution in [0.15, 0.2) is 42.5 Å². The van der Waals surface area contributed by atoms with Crippen molar-refractivity contribution in [1.29, 1.82) is 0 Å². The molecule has 6 atom stereocenters. The van der Waals surface area contributed by atoms with Crippen LogP contribution in [0.2, 0.25) is 0 Å². The third-order valence-electron chi connectivity index (χ3n) is 10.7. The predicted molar refractivity (Wildman–Crippen MR) is 179 cm³/mol. The molecule has 2 aromatic rings. The normalized spacial score (nSPS) is 26.2. The second-order valence-electron chi connectivity index (χ2n) is 14.6. The summed E-state index contributed by atoms with van der Waals surface area (Å²) in [7, 11) is -3.95. The Morgan fingerprint density at radius 3 is 2.35 bits per heavy atom. The number of fused-ring (bicyclic) bond motifs is 1. The Balaban J connectivity index is 1.33. The number of carbonyl (C=O) groups is 4. The van der Waals surface area contributed by atoms with Crippen LogP contribution < -0.4 is 15.4 Å². The molecule has 2 aromatic carbocycles. The molecule has 4 N–H and O–H groups in total. The molecule has 4 amide bonds. The van der Waals surface area contributed by atoms with Crippen molar-refractivity contribution in [3.05, 3.63) is 65.0 Å². The number of nitrogens with one attached hydrogen (secondary N) is 3. The fourth-order valence-corrected chi connectivity index (χ4v) is 9.06. The molecule has 17 heteroatoms. The van der Waals surface area contributed by atoms with Crippen molar-refractivity contribution in [1.82, 2.24) is 19.8 Å². The molecule has 12 nitrogen and oxygen atoms in total. The van der Waals surface area contributed by atoms with Crippen molar-refractivity contribution in [2.45, 2.75) is 94.5 Å². The molecule has 0 aromatic heterocycles.